The maximum absolute atomic E-state index is 12.3. The Kier molecular flexibility index (Phi) is 5.15. The fraction of sp³-hybridized carbons (Fsp3) is 0.444. The summed E-state index contributed by atoms with van der Waals surface area (Å²) in [6.07, 6.45) is 3.92. The molecule has 2 heterocycles. The molecule has 24 heavy (non-hydrogen) atoms. The summed E-state index contributed by atoms with van der Waals surface area (Å²) in [6, 6.07) is 7.57. The molecule has 1 aromatic carbocycles. The molecule has 0 radical (unpaired) electrons. The van der Waals surface area contributed by atoms with Crippen molar-refractivity contribution < 1.29 is 14.3 Å². The maximum Gasteiger partial charge on any atom is 0.271 e. The quantitative estimate of drug-likeness (QED) is 0.914. The van der Waals surface area contributed by atoms with Crippen molar-refractivity contribution in [3.05, 3.63) is 41.7 Å². The number of aromatic nitrogens is 2. The molecule has 1 N–H and O–H groups in total. The van der Waals surface area contributed by atoms with E-state index in [1.54, 1.807) is 24.1 Å². The fourth-order valence-corrected chi connectivity index (χ4v) is 2.85. The molecule has 1 atom stereocenters. The van der Waals surface area contributed by atoms with Crippen LogP contribution in [-0.4, -0.2) is 42.6 Å². The van der Waals surface area contributed by atoms with Gasteiger partial charge in [-0.15, -0.1) is 0 Å². The van der Waals surface area contributed by atoms with Crippen LogP contribution in [0, 0.1) is 12.8 Å². The lowest BCUT2D eigenvalue weighted by Crippen LogP contribution is -2.33. The van der Waals surface area contributed by atoms with Crippen LogP contribution in [0.5, 0.6) is 5.75 Å². The van der Waals surface area contributed by atoms with Gasteiger partial charge in [0.25, 0.3) is 5.91 Å². The van der Waals surface area contributed by atoms with Crippen LogP contribution in [0.3, 0.4) is 0 Å². The van der Waals surface area contributed by atoms with E-state index in [1.165, 1.54) is 0 Å². The molecule has 0 saturated carbocycles. The van der Waals surface area contributed by atoms with E-state index >= 15 is 0 Å². The molecule has 6 nitrogen and oxygen atoms in total. The molecule has 1 aliphatic heterocycles. The summed E-state index contributed by atoms with van der Waals surface area (Å²) in [7, 11) is 1.62. The Morgan fingerprint density at radius 2 is 2.33 bits per heavy atom. The lowest BCUT2D eigenvalue weighted by Gasteiger charge is -2.21. The van der Waals surface area contributed by atoms with E-state index in [0.717, 1.165) is 43.1 Å². The zero-order chi connectivity index (χ0) is 16.9. The van der Waals surface area contributed by atoms with Gasteiger partial charge in [0, 0.05) is 19.3 Å². The summed E-state index contributed by atoms with van der Waals surface area (Å²) in [6.45, 7) is 4.17. The largest absolute Gasteiger partial charge is 0.494 e. The first-order valence-corrected chi connectivity index (χ1v) is 8.24. The topological polar surface area (TPSA) is 65.4 Å². The number of carbonyl (C=O) groups excluding carboxylic acids is 1. The maximum atomic E-state index is 12.3. The SMILES string of the molecule is COc1ccc(C)cc1-n1ccc(C(=O)NC[C@@H]2CCCOC2)n1. The molecule has 0 aliphatic carbocycles. The van der Waals surface area contributed by atoms with Crippen molar-refractivity contribution in [2.75, 3.05) is 26.9 Å². The highest BCUT2D eigenvalue weighted by atomic mass is 16.5. The van der Waals surface area contributed by atoms with Crippen LogP contribution in [0.25, 0.3) is 5.69 Å². The molecular formula is C18H23N3O3. The van der Waals surface area contributed by atoms with Gasteiger partial charge in [-0.05, 0) is 49.4 Å². The molecule has 1 amide bonds. The van der Waals surface area contributed by atoms with Gasteiger partial charge in [0.2, 0.25) is 0 Å². The lowest BCUT2D eigenvalue weighted by atomic mass is 10.0. The van der Waals surface area contributed by atoms with Gasteiger partial charge in [0.05, 0.1) is 13.7 Å². The summed E-state index contributed by atoms with van der Waals surface area (Å²) in [5, 5.41) is 7.33. The smallest absolute Gasteiger partial charge is 0.271 e. The van der Waals surface area contributed by atoms with E-state index in [2.05, 4.69) is 10.4 Å². The second-order valence-electron chi connectivity index (χ2n) is 6.11. The molecule has 128 valence electrons. The normalized spacial score (nSPS) is 17.5. The van der Waals surface area contributed by atoms with Crippen molar-refractivity contribution in [3.63, 3.8) is 0 Å². The van der Waals surface area contributed by atoms with Crippen LogP contribution in [0.15, 0.2) is 30.5 Å². The number of amides is 1. The van der Waals surface area contributed by atoms with Gasteiger partial charge in [-0.2, -0.15) is 5.10 Å². The third-order valence-electron chi connectivity index (χ3n) is 4.21. The second kappa shape index (κ2) is 7.49. The first-order valence-electron chi connectivity index (χ1n) is 8.24. The third kappa shape index (κ3) is 3.76. The Morgan fingerprint density at radius 3 is 3.08 bits per heavy atom. The van der Waals surface area contributed by atoms with Gasteiger partial charge in [-0.1, -0.05) is 6.07 Å². The second-order valence-corrected chi connectivity index (χ2v) is 6.11. The number of rotatable bonds is 5. The van der Waals surface area contributed by atoms with Crippen molar-refractivity contribution in [2.45, 2.75) is 19.8 Å². The molecule has 3 rings (SSSR count). The molecule has 0 spiro atoms. The van der Waals surface area contributed by atoms with E-state index in [0.29, 0.717) is 18.2 Å². The van der Waals surface area contributed by atoms with Gasteiger partial charge in [0.15, 0.2) is 5.69 Å². The summed E-state index contributed by atoms with van der Waals surface area (Å²) in [4.78, 5) is 12.3. The van der Waals surface area contributed by atoms with Crippen LogP contribution in [0.1, 0.15) is 28.9 Å². The minimum absolute atomic E-state index is 0.161. The zero-order valence-corrected chi connectivity index (χ0v) is 14.1. The average Bonchev–Trinajstić information content (AvgIpc) is 3.10. The van der Waals surface area contributed by atoms with E-state index in [1.807, 2.05) is 25.1 Å². The number of ether oxygens (including phenoxy) is 2. The third-order valence-corrected chi connectivity index (χ3v) is 4.21. The van der Waals surface area contributed by atoms with Crippen LogP contribution >= 0.6 is 0 Å². The number of carbonyl (C=O) groups is 1. The lowest BCUT2D eigenvalue weighted by molar-refractivity contribution is 0.0535. The number of nitrogens with zero attached hydrogens (tertiary/aromatic N) is 2. The van der Waals surface area contributed by atoms with Crippen molar-refractivity contribution in [3.8, 4) is 11.4 Å². The number of methoxy groups -OCH3 is 1. The predicted molar refractivity (Wildman–Crippen MR) is 90.7 cm³/mol. The number of aryl methyl sites for hydroxylation is 1. The fourth-order valence-electron chi connectivity index (χ4n) is 2.85. The number of benzene rings is 1. The van der Waals surface area contributed by atoms with Crippen LogP contribution in [0.2, 0.25) is 0 Å². The van der Waals surface area contributed by atoms with Crippen molar-refractivity contribution in [1.29, 1.82) is 0 Å². The van der Waals surface area contributed by atoms with Crippen LogP contribution in [-0.2, 0) is 4.74 Å². The summed E-state index contributed by atoms with van der Waals surface area (Å²) in [5.41, 5.74) is 2.32. The molecule has 1 aliphatic rings. The molecule has 0 unspecified atom stereocenters. The minimum Gasteiger partial charge on any atom is -0.494 e. The molecular weight excluding hydrogens is 306 g/mol. The van der Waals surface area contributed by atoms with E-state index in [9.17, 15) is 4.79 Å². The Hall–Kier alpha value is -2.34. The monoisotopic (exact) mass is 329 g/mol. The van der Waals surface area contributed by atoms with Crippen molar-refractivity contribution in [1.82, 2.24) is 15.1 Å². The number of nitrogens with one attached hydrogen (secondary N) is 1. The minimum atomic E-state index is -0.161. The van der Waals surface area contributed by atoms with Crippen LogP contribution in [0.4, 0.5) is 0 Å². The molecule has 6 heteroatoms. The van der Waals surface area contributed by atoms with E-state index < -0.39 is 0 Å². The Bertz CT molecular complexity index is 705. The van der Waals surface area contributed by atoms with E-state index in [-0.39, 0.29) is 5.91 Å². The van der Waals surface area contributed by atoms with Crippen molar-refractivity contribution in [2.24, 2.45) is 5.92 Å². The molecule has 1 fully saturated rings. The van der Waals surface area contributed by atoms with Gasteiger partial charge >= 0.3 is 0 Å². The Morgan fingerprint density at radius 1 is 1.46 bits per heavy atom. The van der Waals surface area contributed by atoms with Crippen LogP contribution < -0.4 is 10.1 Å². The highest BCUT2D eigenvalue weighted by Gasteiger charge is 2.17. The van der Waals surface area contributed by atoms with E-state index in [4.69, 9.17) is 9.47 Å². The number of hydrogen-bond donors (Lipinski definition) is 1. The molecule has 2 aromatic rings. The summed E-state index contributed by atoms with van der Waals surface area (Å²) in [5.74, 6) is 0.947. The van der Waals surface area contributed by atoms with Gasteiger partial charge in [-0.3, -0.25) is 4.79 Å². The zero-order valence-electron chi connectivity index (χ0n) is 14.1. The first-order chi connectivity index (χ1) is 11.7. The number of hydrogen-bond acceptors (Lipinski definition) is 4. The van der Waals surface area contributed by atoms with Gasteiger partial charge in [0.1, 0.15) is 11.4 Å². The highest BCUT2D eigenvalue weighted by Crippen LogP contribution is 2.23. The van der Waals surface area contributed by atoms with Gasteiger partial charge in [-0.25, -0.2) is 4.68 Å². The molecule has 1 saturated heterocycles. The predicted octanol–water partition coefficient (Wildman–Crippen LogP) is 2.35. The average molecular weight is 329 g/mol. The first kappa shape index (κ1) is 16.5. The summed E-state index contributed by atoms with van der Waals surface area (Å²) < 4.78 is 12.5. The standard InChI is InChI=1S/C18H23N3O3/c1-13-5-6-17(23-2)16(10-13)21-8-7-15(20-21)18(22)19-11-14-4-3-9-24-12-14/h5-8,10,14H,3-4,9,11-12H2,1-2H3,(H,19,22)/t14-/m0/s1. The molecule has 0 bridgehead atoms. The highest BCUT2D eigenvalue weighted by molar-refractivity contribution is 5.92. The Labute approximate surface area is 141 Å². The van der Waals surface area contributed by atoms with Crippen molar-refractivity contribution >= 4 is 5.91 Å². The molecule has 1 aromatic heterocycles. The summed E-state index contributed by atoms with van der Waals surface area (Å²) >= 11 is 0. The Balaban J connectivity index is 1.68. The van der Waals surface area contributed by atoms with Gasteiger partial charge < -0.3 is 14.8 Å².